The Morgan fingerprint density at radius 2 is 1.74 bits per heavy atom. The lowest BCUT2D eigenvalue weighted by atomic mass is 9.78. The second kappa shape index (κ2) is 8.78. The van der Waals surface area contributed by atoms with Crippen LogP contribution in [0.15, 0.2) is 24.3 Å². The fraction of sp³-hybridized carbons (Fsp3) is 0.500. The zero-order chi connectivity index (χ0) is 20.2. The van der Waals surface area contributed by atoms with E-state index in [1.54, 1.807) is 24.3 Å². The van der Waals surface area contributed by atoms with E-state index in [0.29, 0.717) is 24.9 Å². The molecule has 2 atom stereocenters. The van der Waals surface area contributed by atoms with Crippen molar-refractivity contribution in [2.45, 2.75) is 30.9 Å². The van der Waals surface area contributed by atoms with Crippen molar-refractivity contribution >= 4 is 50.3 Å². The first kappa shape index (κ1) is 22.0. The van der Waals surface area contributed by atoms with Gasteiger partial charge in [0.1, 0.15) is 0 Å². The van der Waals surface area contributed by atoms with Gasteiger partial charge >= 0.3 is 21.3 Å². The highest BCUT2D eigenvalue weighted by atomic mass is 127. The molecule has 1 aliphatic rings. The third kappa shape index (κ3) is 5.82. The van der Waals surface area contributed by atoms with Crippen LogP contribution in [0, 0.1) is 15.4 Å². The maximum Gasteiger partial charge on any atom is 0.402 e. The first-order chi connectivity index (χ1) is 12.5. The zero-order valence-electron chi connectivity index (χ0n) is 14.0. The number of carbonyl (C=O) groups excluding carboxylic acids is 2. The highest BCUT2D eigenvalue weighted by Gasteiger charge is 2.46. The topological polar surface area (TPSA) is 110 Å². The molecule has 150 valence electrons. The lowest BCUT2D eigenvalue weighted by molar-refractivity contribution is -0.159. The molecular weight excluding hydrogens is 499 g/mol. The minimum Gasteiger partial charge on any atom is -0.458 e. The molecule has 0 bridgehead atoms. The van der Waals surface area contributed by atoms with Crippen LogP contribution in [-0.2, 0) is 24.4 Å². The minimum absolute atomic E-state index is 0.265. The monoisotopic (exact) mass is 517 g/mol. The van der Waals surface area contributed by atoms with Crippen LogP contribution in [0.2, 0.25) is 0 Å². The Kier molecular flexibility index (Phi) is 7.14. The van der Waals surface area contributed by atoms with Gasteiger partial charge in [-0.05, 0) is 59.7 Å². The molecule has 1 aliphatic carbocycles. The summed E-state index contributed by atoms with van der Waals surface area (Å²) < 4.78 is 61.5. The Morgan fingerprint density at radius 3 is 2.30 bits per heavy atom. The van der Waals surface area contributed by atoms with Gasteiger partial charge in [-0.25, -0.2) is 0 Å². The van der Waals surface area contributed by atoms with Crippen molar-refractivity contribution in [3.63, 3.8) is 0 Å². The molecule has 2 unspecified atom stereocenters. The number of hydrogen-bond donors (Lipinski definition) is 2. The van der Waals surface area contributed by atoms with Crippen LogP contribution in [0.25, 0.3) is 0 Å². The average Bonchev–Trinajstić information content (AvgIpc) is 2.60. The third-order valence-electron chi connectivity index (χ3n) is 4.28. The number of benzene rings is 1. The number of esters is 1. The predicted molar refractivity (Wildman–Crippen MR) is 101 cm³/mol. The Morgan fingerprint density at radius 1 is 1.19 bits per heavy atom. The fourth-order valence-corrected chi connectivity index (χ4v) is 3.40. The summed E-state index contributed by atoms with van der Waals surface area (Å²) in [4.78, 5) is 24.7. The van der Waals surface area contributed by atoms with Crippen molar-refractivity contribution in [3.8, 4) is 0 Å². The van der Waals surface area contributed by atoms with Gasteiger partial charge in [0.15, 0.2) is 6.61 Å². The lowest BCUT2D eigenvalue weighted by Gasteiger charge is -2.29. The smallest absolute Gasteiger partial charge is 0.402 e. The van der Waals surface area contributed by atoms with Gasteiger partial charge in [0.2, 0.25) is 5.91 Å². The number of anilines is 1. The second-order valence-corrected chi connectivity index (χ2v) is 9.01. The van der Waals surface area contributed by atoms with Gasteiger partial charge in [0, 0.05) is 9.26 Å². The number of ether oxygens (including phenoxy) is 1. The predicted octanol–water partition coefficient (Wildman–Crippen LogP) is 3.06. The van der Waals surface area contributed by atoms with Crippen molar-refractivity contribution < 1.29 is 36.1 Å². The summed E-state index contributed by atoms with van der Waals surface area (Å²) in [5.74, 6) is -3.25. The Bertz CT molecular complexity index is 800. The van der Waals surface area contributed by atoms with Gasteiger partial charge in [-0.15, -0.1) is 0 Å². The Labute approximate surface area is 168 Å². The Balaban J connectivity index is 2.04. The number of halogens is 3. The molecule has 0 saturated heterocycles. The molecular formula is C16H18F2INO6S. The van der Waals surface area contributed by atoms with E-state index in [4.69, 9.17) is 4.55 Å². The van der Waals surface area contributed by atoms with E-state index in [1.807, 2.05) is 0 Å². The normalized spacial score (nSPS) is 20.7. The van der Waals surface area contributed by atoms with Crippen LogP contribution in [0.4, 0.5) is 14.5 Å². The summed E-state index contributed by atoms with van der Waals surface area (Å²) in [6.45, 7) is -1.80. The second-order valence-electron chi connectivity index (χ2n) is 6.21. The number of rotatable bonds is 6. The van der Waals surface area contributed by atoms with E-state index in [-0.39, 0.29) is 6.42 Å². The summed E-state index contributed by atoms with van der Waals surface area (Å²) in [5, 5.41) is -1.91. The van der Waals surface area contributed by atoms with E-state index in [2.05, 4.69) is 32.6 Å². The summed E-state index contributed by atoms with van der Waals surface area (Å²) >= 11 is 2.11. The summed E-state index contributed by atoms with van der Waals surface area (Å²) in [7, 11) is -5.69. The third-order valence-corrected chi connectivity index (χ3v) is 5.87. The van der Waals surface area contributed by atoms with Crippen molar-refractivity contribution in [3.05, 3.63) is 27.8 Å². The molecule has 0 radical (unpaired) electrons. The quantitative estimate of drug-likeness (QED) is 0.341. The van der Waals surface area contributed by atoms with Gasteiger partial charge in [-0.3, -0.25) is 14.1 Å². The van der Waals surface area contributed by atoms with E-state index in [9.17, 15) is 26.8 Å². The number of amides is 1. The van der Waals surface area contributed by atoms with Gasteiger partial charge in [0.25, 0.3) is 0 Å². The van der Waals surface area contributed by atoms with Crippen LogP contribution in [0.5, 0.6) is 0 Å². The molecule has 1 aromatic rings. The van der Waals surface area contributed by atoms with E-state index in [1.165, 1.54) is 0 Å². The first-order valence-electron chi connectivity index (χ1n) is 8.09. The van der Waals surface area contributed by atoms with E-state index in [0.717, 1.165) is 3.57 Å². The van der Waals surface area contributed by atoms with Crippen LogP contribution in [0.3, 0.4) is 0 Å². The van der Waals surface area contributed by atoms with Gasteiger partial charge in [0.05, 0.1) is 11.8 Å². The number of hydrogen-bond acceptors (Lipinski definition) is 5. The maximum absolute atomic E-state index is 13.2. The van der Waals surface area contributed by atoms with E-state index < -0.39 is 45.7 Å². The molecule has 1 aromatic carbocycles. The standard InChI is InChI=1S/C16H18F2INO6S/c17-16(18,27(23,24)25)9-26-15(22)13-4-2-1-3-12(13)14(21)20-11-7-5-10(19)6-8-11/h5-8,12-13H,1-4,9H2,(H,20,21)(H,23,24,25). The maximum atomic E-state index is 13.2. The van der Waals surface area contributed by atoms with Crippen LogP contribution < -0.4 is 5.32 Å². The molecule has 0 heterocycles. The van der Waals surface area contributed by atoms with Gasteiger partial charge in [-0.1, -0.05) is 12.8 Å². The molecule has 1 fully saturated rings. The molecule has 1 amide bonds. The molecule has 1 saturated carbocycles. The summed E-state index contributed by atoms with van der Waals surface area (Å²) in [6.07, 6.45) is 1.95. The van der Waals surface area contributed by atoms with E-state index >= 15 is 0 Å². The molecule has 7 nitrogen and oxygen atoms in total. The highest BCUT2D eigenvalue weighted by Crippen LogP contribution is 2.33. The van der Waals surface area contributed by atoms with Gasteiger partial charge < -0.3 is 10.1 Å². The molecule has 27 heavy (non-hydrogen) atoms. The summed E-state index contributed by atoms with van der Waals surface area (Å²) in [5.41, 5.74) is 0.538. The molecule has 11 heteroatoms. The lowest BCUT2D eigenvalue weighted by Crippen LogP contribution is -2.40. The van der Waals surface area contributed by atoms with Crippen LogP contribution in [-0.4, -0.2) is 36.7 Å². The van der Waals surface area contributed by atoms with Crippen molar-refractivity contribution in [2.24, 2.45) is 11.8 Å². The highest BCUT2D eigenvalue weighted by molar-refractivity contribution is 14.1. The average molecular weight is 517 g/mol. The van der Waals surface area contributed by atoms with Crippen molar-refractivity contribution in [1.82, 2.24) is 0 Å². The number of carbonyl (C=O) groups is 2. The molecule has 0 spiro atoms. The SMILES string of the molecule is O=C(Nc1ccc(I)cc1)C1CCCCC1C(=O)OCC(F)(F)S(=O)(=O)O. The minimum atomic E-state index is -5.69. The molecule has 2 rings (SSSR count). The number of alkyl halides is 2. The van der Waals surface area contributed by atoms with Crippen LogP contribution >= 0.6 is 22.6 Å². The Hall–Kier alpha value is -1.34. The summed E-state index contributed by atoms with van der Waals surface area (Å²) in [6, 6.07) is 6.98. The molecule has 2 N–H and O–H groups in total. The zero-order valence-corrected chi connectivity index (χ0v) is 17.0. The fourth-order valence-electron chi connectivity index (χ4n) is 2.83. The van der Waals surface area contributed by atoms with Crippen molar-refractivity contribution in [2.75, 3.05) is 11.9 Å². The largest absolute Gasteiger partial charge is 0.458 e. The number of nitrogens with one attached hydrogen (secondary N) is 1. The van der Waals surface area contributed by atoms with Crippen molar-refractivity contribution in [1.29, 1.82) is 0 Å². The van der Waals surface area contributed by atoms with Gasteiger partial charge in [-0.2, -0.15) is 17.2 Å². The molecule has 0 aliphatic heterocycles. The molecule has 0 aromatic heterocycles. The first-order valence-corrected chi connectivity index (χ1v) is 10.6. The van der Waals surface area contributed by atoms with Crippen LogP contribution in [0.1, 0.15) is 25.7 Å².